The first kappa shape index (κ1) is 13.2. The zero-order chi connectivity index (χ0) is 13.9. The van der Waals surface area contributed by atoms with E-state index in [1.54, 1.807) is 6.07 Å². The van der Waals surface area contributed by atoms with E-state index in [1.807, 2.05) is 12.1 Å². The second-order valence-corrected chi connectivity index (χ2v) is 5.22. The predicted octanol–water partition coefficient (Wildman–Crippen LogP) is 3.78. The van der Waals surface area contributed by atoms with Crippen LogP contribution in [0.25, 0.3) is 0 Å². The smallest absolute Gasteiger partial charge is 0.133 e. The first-order valence-electron chi connectivity index (χ1n) is 6.12. The number of anilines is 1. The van der Waals surface area contributed by atoms with E-state index in [2.05, 4.69) is 10.0 Å². The van der Waals surface area contributed by atoms with Crippen molar-refractivity contribution in [2.75, 3.05) is 18.4 Å². The lowest BCUT2D eigenvalue weighted by Gasteiger charge is -2.10. The number of hydrogen-bond donors (Lipinski definition) is 2. The van der Waals surface area contributed by atoms with Gasteiger partial charge in [-0.05, 0) is 30.1 Å². The number of ether oxygens (including phenoxy) is 1. The van der Waals surface area contributed by atoms with Crippen molar-refractivity contribution in [2.24, 2.45) is 0 Å². The summed E-state index contributed by atoms with van der Waals surface area (Å²) in [6, 6.07) is 8.60. The van der Waals surface area contributed by atoms with E-state index in [1.165, 1.54) is 11.9 Å². The van der Waals surface area contributed by atoms with Gasteiger partial charge in [-0.25, -0.2) is 8.78 Å². The van der Waals surface area contributed by atoms with Gasteiger partial charge in [0.2, 0.25) is 0 Å². The Labute approximate surface area is 119 Å². The summed E-state index contributed by atoms with van der Waals surface area (Å²) in [5.41, 5.74) is 1.01. The molecular weight excluding hydrogens is 282 g/mol. The highest BCUT2D eigenvalue weighted by atomic mass is 32.2. The van der Waals surface area contributed by atoms with Crippen molar-refractivity contribution >= 4 is 17.6 Å². The molecule has 104 valence electrons. The van der Waals surface area contributed by atoms with Crippen molar-refractivity contribution in [3.8, 4) is 11.5 Å². The van der Waals surface area contributed by atoms with E-state index in [0.29, 0.717) is 5.75 Å². The van der Waals surface area contributed by atoms with Crippen LogP contribution in [0, 0.1) is 11.6 Å². The Balaban J connectivity index is 1.85. The van der Waals surface area contributed by atoms with Crippen LogP contribution in [0.4, 0.5) is 14.5 Å². The van der Waals surface area contributed by atoms with Crippen molar-refractivity contribution in [2.45, 2.75) is 4.90 Å². The number of hydrogen-bond acceptors (Lipinski definition) is 4. The molecule has 1 aliphatic rings. The topological polar surface area (TPSA) is 33.3 Å². The molecule has 0 bridgehead atoms. The van der Waals surface area contributed by atoms with Crippen LogP contribution in [-0.4, -0.2) is 13.1 Å². The highest BCUT2D eigenvalue weighted by molar-refractivity contribution is 7.97. The van der Waals surface area contributed by atoms with Crippen molar-refractivity contribution < 1.29 is 13.5 Å². The molecule has 0 saturated heterocycles. The Bertz CT molecular complexity index is 616. The molecule has 0 spiro atoms. The number of halogens is 2. The molecule has 6 heteroatoms. The van der Waals surface area contributed by atoms with E-state index in [0.717, 1.165) is 41.9 Å². The molecule has 0 aliphatic carbocycles. The molecule has 2 N–H and O–H groups in total. The summed E-state index contributed by atoms with van der Waals surface area (Å²) in [5, 5.41) is 3.28. The summed E-state index contributed by atoms with van der Waals surface area (Å²) in [6.45, 7) is 1.69. The minimum Gasteiger partial charge on any atom is -0.457 e. The lowest BCUT2D eigenvalue weighted by Crippen LogP contribution is -2.12. The average Bonchev–Trinajstić information content (AvgIpc) is 2.62. The van der Waals surface area contributed by atoms with Crippen molar-refractivity contribution in [1.82, 2.24) is 4.72 Å². The Morgan fingerprint density at radius 1 is 0.950 bits per heavy atom. The third kappa shape index (κ3) is 3.02. The maximum absolute atomic E-state index is 13.1. The molecule has 0 atom stereocenters. The van der Waals surface area contributed by atoms with Gasteiger partial charge in [0, 0.05) is 41.9 Å². The van der Waals surface area contributed by atoms with Gasteiger partial charge in [0.25, 0.3) is 0 Å². The van der Waals surface area contributed by atoms with Crippen LogP contribution in [0.2, 0.25) is 0 Å². The lowest BCUT2D eigenvalue weighted by atomic mass is 10.3. The standard InChI is InChI=1S/C14H12F2N2OS/c15-9-5-10(16)7-12(6-9)19-11-1-2-13-14(8-11)20-18-4-3-17-13/h1-2,5-8,17-18H,3-4H2. The minimum atomic E-state index is -0.660. The number of benzene rings is 2. The number of fused-ring (bicyclic) bond motifs is 1. The first-order valence-corrected chi connectivity index (χ1v) is 6.94. The predicted molar refractivity (Wildman–Crippen MR) is 75.2 cm³/mol. The highest BCUT2D eigenvalue weighted by Gasteiger charge is 2.10. The van der Waals surface area contributed by atoms with Crippen LogP contribution < -0.4 is 14.8 Å². The van der Waals surface area contributed by atoms with Gasteiger partial charge in [0.15, 0.2) is 0 Å². The van der Waals surface area contributed by atoms with Gasteiger partial charge >= 0.3 is 0 Å². The molecule has 2 aromatic carbocycles. The van der Waals surface area contributed by atoms with Crippen LogP contribution >= 0.6 is 11.9 Å². The number of nitrogens with one attached hydrogen (secondary N) is 2. The van der Waals surface area contributed by atoms with Gasteiger partial charge in [-0.1, -0.05) is 0 Å². The Morgan fingerprint density at radius 2 is 1.75 bits per heavy atom. The Kier molecular flexibility index (Phi) is 3.75. The SMILES string of the molecule is Fc1cc(F)cc(Oc2ccc3c(c2)SNCCN3)c1. The molecule has 0 unspecified atom stereocenters. The molecule has 1 aliphatic heterocycles. The normalized spacial score (nSPS) is 14.1. The monoisotopic (exact) mass is 294 g/mol. The molecule has 1 heterocycles. The van der Waals surface area contributed by atoms with Gasteiger partial charge in [0.05, 0.1) is 0 Å². The summed E-state index contributed by atoms with van der Waals surface area (Å²) < 4.78 is 34.9. The molecule has 0 radical (unpaired) electrons. The molecule has 0 amide bonds. The quantitative estimate of drug-likeness (QED) is 0.826. The summed E-state index contributed by atoms with van der Waals surface area (Å²) in [7, 11) is 0. The van der Waals surface area contributed by atoms with E-state index < -0.39 is 11.6 Å². The van der Waals surface area contributed by atoms with Crippen LogP contribution in [0.1, 0.15) is 0 Å². The molecule has 0 aromatic heterocycles. The number of rotatable bonds is 2. The molecule has 3 rings (SSSR count). The fraction of sp³-hybridized carbons (Fsp3) is 0.143. The van der Waals surface area contributed by atoms with E-state index >= 15 is 0 Å². The fourth-order valence-electron chi connectivity index (χ4n) is 1.90. The largest absolute Gasteiger partial charge is 0.457 e. The maximum atomic E-state index is 13.1. The van der Waals surface area contributed by atoms with Crippen LogP contribution in [0.15, 0.2) is 41.3 Å². The van der Waals surface area contributed by atoms with Crippen molar-refractivity contribution in [3.05, 3.63) is 48.0 Å². The summed E-state index contributed by atoms with van der Waals surface area (Å²) in [6.07, 6.45) is 0. The molecular formula is C14H12F2N2OS. The van der Waals surface area contributed by atoms with Gasteiger partial charge in [-0.2, -0.15) is 0 Å². The van der Waals surface area contributed by atoms with Crippen molar-refractivity contribution in [1.29, 1.82) is 0 Å². The van der Waals surface area contributed by atoms with Gasteiger partial charge in [-0.15, -0.1) is 0 Å². The molecule has 20 heavy (non-hydrogen) atoms. The molecule has 2 aromatic rings. The minimum absolute atomic E-state index is 0.141. The third-order valence-electron chi connectivity index (χ3n) is 2.75. The fourth-order valence-corrected chi connectivity index (χ4v) is 2.68. The summed E-state index contributed by atoms with van der Waals surface area (Å²) in [5.74, 6) is -0.645. The maximum Gasteiger partial charge on any atom is 0.133 e. The second-order valence-electron chi connectivity index (χ2n) is 4.29. The Hall–Kier alpha value is -1.79. The first-order chi connectivity index (χ1) is 9.70. The lowest BCUT2D eigenvalue weighted by molar-refractivity contribution is 0.467. The van der Waals surface area contributed by atoms with Crippen molar-refractivity contribution in [3.63, 3.8) is 0 Å². The molecule has 0 saturated carbocycles. The van der Waals surface area contributed by atoms with Gasteiger partial charge < -0.3 is 10.1 Å². The summed E-state index contributed by atoms with van der Waals surface area (Å²) >= 11 is 1.50. The highest BCUT2D eigenvalue weighted by Crippen LogP contribution is 2.33. The van der Waals surface area contributed by atoms with Crippen LogP contribution in [-0.2, 0) is 0 Å². The van der Waals surface area contributed by atoms with Crippen LogP contribution in [0.3, 0.4) is 0 Å². The Morgan fingerprint density at radius 3 is 2.55 bits per heavy atom. The van der Waals surface area contributed by atoms with E-state index in [4.69, 9.17) is 4.74 Å². The zero-order valence-corrected chi connectivity index (χ0v) is 11.3. The molecule has 3 nitrogen and oxygen atoms in total. The van der Waals surface area contributed by atoms with Crippen LogP contribution in [0.5, 0.6) is 11.5 Å². The van der Waals surface area contributed by atoms with E-state index in [9.17, 15) is 8.78 Å². The molecule has 0 fully saturated rings. The average molecular weight is 294 g/mol. The van der Waals surface area contributed by atoms with Gasteiger partial charge in [0.1, 0.15) is 23.1 Å². The third-order valence-corrected chi connectivity index (χ3v) is 3.66. The van der Waals surface area contributed by atoms with E-state index in [-0.39, 0.29) is 5.75 Å². The van der Waals surface area contributed by atoms with Gasteiger partial charge in [-0.3, -0.25) is 4.72 Å². The second kappa shape index (κ2) is 5.68. The zero-order valence-electron chi connectivity index (χ0n) is 10.5. The summed E-state index contributed by atoms with van der Waals surface area (Å²) in [4.78, 5) is 0.983.